The summed E-state index contributed by atoms with van der Waals surface area (Å²) in [6.45, 7) is -0.240. The normalized spacial score (nSPS) is 16.1. The third-order valence-corrected chi connectivity index (χ3v) is 5.74. The van der Waals surface area contributed by atoms with Gasteiger partial charge in [0.1, 0.15) is 12.4 Å². The van der Waals surface area contributed by atoms with Gasteiger partial charge in [-0.3, -0.25) is 19.5 Å². The highest BCUT2D eigenvalue weighted by Crippen LogP contribution is 2.28. The molecular formula is C18H13ClN4O3S. The van der Waals surface area contributed by atoms with E-state index in [0.29, 0.717) is 27.2 Å². The van der Waals surface area contributed by atoms with Crippen LogP contribution in [0.1, 0.15) is 5.56 Å². The van der Waals surface area contributed by atoms with Gasteiger partial charge in [-0.25, -0.2) is 8.42 Å². The highest BCUT2D eigenvalue weighted by Gasteiger charge is 2.30. The minimum atomic E-state index is -3.63. The first-order valence-corrected chi connectivity index (χ1v) is 9.81. The second-order valence-electron chi connectivity index (χ2n) is 5.81. The van der Waals surface area contributed by atoms with Crippen LogP contribution in [0.5, 0.6) is 0 Å². The number of carbonyl (C=O) groups is 1. The molecule has 27 heavy (non-hydrogen) atoms. The van der Waals surface area contributed by atoms with Crippen molar-refractivity contribution in [2.75, 3.05) is 11.9 Å². The molecule has 1 amide bonds. The lowest BCUT2D eigenvalue weighted by atomic mass is 10.2. The van der Waals surface area contributed by atoms with E-state index in [9.17, 15) is 13.2 Å². The summed E-state index contributed by atoms with van der Waals surface area (Å²) >= 11 is 6.13. The number of hydrogen-bond acceptors (Lipinski definition) is 5. The van der Waals surface area contributed by atoms with Crippen molar-refractivity contribution in [2.24, 2.45) is 4.99 Å². The molecule has 3 aromatic rings. The zero-order valence-electron chi connectivity index (χ0n) is 13.8. The predicted molar refractivity (Wildman–Crippen MR) is 104 cm³/mol. The molecular weight excluding hydrogens is 388 g/mol. The van der Waals surface area contributed by atoms with Crippen LogP contribution in [-0.2, 0) is 14.8 Å². The number of carbonyl (C=O) groups excluding carboxylic acids is 1. The molecule has 2 N–H and O–H groups in total. The van der Waals surface area contributed by atoms with E-state index in [0.717, 1.165) is 0 Å². The van der Waals surface area contributed by atoms with Crippen LogP contribution in [0.3, 0.4) is 0 Å². The Bertz CT molecular complexity index is 1210. The van der Waals surface area contributed by atoms with Crippen LogP contribution >= 0.6 is 11.6 Å². The van der Waals surface area contributed by atoms with Gasteiger partial charge in [-0.15, -0.1) is 0 Å². The lowest BCUT2D eigenvalue weighted by molar-refractivity contribution is -0.114. The van der Waals surface area contributed by atoms with Crippen molar-refractivity contribution in [1.29, 1.82) is 0 Å². The fraction of sp³-hybridized carbons (Fsp3) is 0.0556. The first kappa shape index (κ1) is 17.4. The SMILES string of the molecule is O=C(CN=C1NS(=O)(=O)c2ccccc21)Nc1ccc(Cl)c2ncccc12. The Labute approximate surface area is 160 Å². The lowest BCUT2D eigenvalue weighted by Crippen LogP contribution is -2.24. The molecule has 0 bridgehead atoms. The number of amidine groups is 1. The first-order valence-electron chi connectivity index (χ1n) is 7.95. The maximum Gasteiger partial charge on any atom is 0.263 e. The largest absolute Gasteiger partial charge is 0.324 e. The van der Waals surface area contributed by atoms with E-state index in [1.807, 2.05) is 0 Å². The number of rotatable bonds is 3. The molecule has 7 nitrogen and oxygen atoms in total. The highest BCUT2D eigenvalue weighted by atomic mass is 35.5. The highest BCUT2D eigenvalue weighted by molar-refractivity contribution is 7.90. The minimum Gasteiger partial charge on any atom is -0.324 e. The zero-order chi connectivity index (χ0) is 19.0. The molecule has 0 unspecified atom stereocenters. The summed E-state index contributed by atoms with van der Waals surface area (Å²) in [4.78, 5) is 20.8. The molecule has 0 radical (unpaired) electrons. The molecule has 0 saturated carbocycles. The van der Waals surface area contributed by atoms with Crippen LogP contribution in [-0.4, -0.2) is 31.7 Å². The van der Waals surface area contributed by atoms with E-state index >= 15 is 0 Å². The fourth-order valence-electron chi connectivity index (χ4n) is 2.84. The maximum atomic E-state index is 12.3. The molecule has 0 aliphatic carbocycles. The maximum absolute atomic E-state index is 12.3. The molecule has 1 aliphatic rings. The van der Waals surface area contributed by atoms with E-state index < -0.39 is 15.9 Å². The Balaban J connectivity index is 1.57. The van der Waals surface area contributed by atoms with Crippen LogP contribution in [0, 0.1) is 0 Å². The number of pyridine rings is 1. The molecule has 0 saturated heterocycles. The molecule has 4 rings (SSSR count). The lowest BCUT2D eigenvalue weighted by Gasteiger charge is -2.08. The molecule has 9 heteroatoms. The summed E-state index contributed by atoms with van der Waals surface area (Å²) in [5, 5.41) is 3.95. The van der Waals surface area contributed by atoms with Crippen LogP contribution in [0.2, 0.25) is 5.02 Å². The molecule has 2 aromatic carbocycles. The number of hydrogen-bond donors (Lipinski definition) is 2. The number of benzene rings is 2. The Morgan fingerprint density at radius 1 is 1.15 bits per heavy atom. The number of sulfonamides is 1. The Hall–Kier alpha value is -2.97. The Morgan fingerprint density at radius 3 is 2.81 bits per heavy atom. The number of anilines is 1. The summed E-state index contributed by atoms with van der Waals surface area (Å²) in [6, 6.07) is 13.4. The van der Waals surface area contributed by atoms with E-state index in [2.05, 4.69) is 20.0 Å². The van der Waals surface area contributed by atoms with Crippen molar-refractivity contribution in [1.82, 2.24) is 9.71 Å². The monoisotopic (exact) mass is 400 g/mol. The van der Waals surface area contributed by atoms with Gasteiger partial charge in [0.15, 0.2) is 0 Å². The van der Waals surface area contributed by atoms with Crippen LogP contribution < -0.4 is 10.0 Å². The summed E-state index contributed by atoms with van der Waals surface area (Å²) in [6.07, 6.45) is 1.62. The molecule has 0 atom stereocenters. The van der Waals surface area contributed by atoms with Gasteiger partial charge in [0, 0.05) is 17.1 Å². The van der Waals surface area contributed by atoms with Gasteiger partial charge in [-0.1, -0.05) is 23.7 Å². The summed E-state index contributed by atoms with van der Waals surface area (Å²) in [5.41, 5.74) is 1.59. The molecule has 1 aromatic heterocycles. The molecule has 1 aliphatic heterocycles. The Morgan fingerprint density at radius 2 is 1.96 bits per heavy atom. The summed E-state index contributed by atoms with van der Waals surface area (Å²) in [7, 11) is -3.63. The van der Waals surface area contributed by atoms with Crippen molar-refractivity contribution >= 4 is 50.0 Å². The smallest absolute Gasteiger partial charge is 0.263 e. The number of fused-ring (bicyclic) bond motifs is 2. The van der Waals surface area contributed by atoms with Gasteiger partial charge >= 0.3 is 0 Å². The van der Waals surface area contributed by atoms with Gasteiger partial charge in [0.05, 0.1) is 21.1 Å². The van der Waals surface area contributed by atoms with E-state index in [1.165, 1.54) is 6.07 Å². The van der Waals surface area contributed by atoms with Crippen LogP contribution in [0.15, 0.2) is 64.6 Å². The summed E-state index contributed by atoms with van der Waals surface area (Å²) in [5.74, 6) is -0.234. The van der Waals surface area contributed by atoms with Crippen LogP contribution in [0.25, 0.3) is 10.9 Å². The average molecular weight is 401 g/mol. The number of aliphatic imine (C=N–C) groups is 1. The van der Waals surface area contributed by atoms with Crippen molar-refractivity contribution in [2.45, 2.75) is 4.90 Å². The summed E-state index contributed by atoms with van der Waals surface area (Å²) < 4.78 is 26.5. The zero-order valence-corrected chi connectivity index (χ0v) is 15.4. The van der Waals surface area contributed by atoms with Gasteiger partial charge in [-0.05, 0) is 36.4 Å². The van der Waals surface area contributed by atoms with Crippen molar-refractivity contribution in [3.63, 3.8) is 0 Å². The van der Waals surface area contributed by atoms with Crippen molar-refractivity contribution in [3.8, 4) is 0 Å². The quantitative estimate of drug-likeness (QED) is 0.705. The van der Waals surface area contributed by atoms with Gasteiger partial charge in [0.25, 0.3) is 10.0 Å². The number of aromatic nitrogens is 1. The number of nitrogens with one attached hydrogen (secondary N) is 2. The minimum absolute atomic E-state index is 0.152. The van der Waals surface area contributed by atoms with Crippen LogP contribution in [0.4, 0.5) is 5.69 Å². The van der Waals surface area contributed by atoms with Crippen molar-refractivity contribution in [3.05, 3.63) is 65.3 Å². The van der Waals surface area contributed by atoms with Gasteiger partial charge in [-0.2, -0.15) is 0 Å². The molecule has 136 valence electrons. The second kappa shape index (κ2) is 6.64. The van der Waals surface area contributed by atoms with Gasteiger partial charge < -0.3 is 5.32 Å². The number of amides is 1. The van der Waals surface area contributed by atoms with Gasteiger partial charge in [0.2, 0.25) is 5.91 Å². The molecule has 0 spiro atoms. The predicted octanol–water partition coefficient (Wildman–Crippen LogP) is 2.57. The Kier molecular flexibility index (Phi) is 4.29. The third kappa shape index (κ3) is 3.24. The first-order chi connectivity index (χ1) is 13.0. The average Bonchev–Trinajstić information content (AvgIpc) is 2.93. The molecule has 2 heterocycles. The number of nitrogens with zero attached hydrogens (tertiary/aromatic N) is 2. The fourth-order valence-corrected chi connectivity index (χ4v) is 4.30. The van der Waals surface area contributed by atoms with E-state index in [4.69, 9.17) is 11.6 Å². The molecule has 0 fully saturated rings. The topological polar surface area (TPSA) is 101 Å². The standard InChI is InChI=1S/C18H13ClN4O3S/c19-13-7-8-14(11-5-3-9-20-17(11)13)22-16(24)10-21-18-12-4-1-2-6-15(12)27(25,26)23-18/h1-9H,10H2,(H,21,23)(H,22,24). The number of halogens is 1. The second-order valence-corrected chi connectivity index (χ2v) is 7.87. The van der Waals surface area contributed by atoms with E-state index in [-0.39, 0.29) is 17.3 Å². The van der Waals surface area contributed by atoms with E-state index in [1.54, 1.807) is 48.7 Å². The van der Waals surface area contributed by atoms with Crippen molar-refractivity contribution < 1.29 is 13.2 Å². The third-order valence-electron chi connectivity index (χ3n) is 4.04.